The molecule has 8 heteroatoms. The predicted molar refractivity (Wildman–Crippen MR) is 118 cm³/mol. The van der Waals surface area contributed by atoms with E-state index in [9.17, 15) is 9.18 Å². The first-order valence-corrected chi connectivity index (χ1v) is 10.5. The Hall–Kier alpha value is -3.39. The van der Waals surface area contributed by atoms with E-state index in [0.29, 0.717) is 18.0 Å². The number of nitrogens with one attached hydrogen (secondary N) is 1. The molecule has 0 radical (unpaired) electrons. The van der Waals surface area contributed by atoms with Crippen molar-refractivity contribution in [2.24, 2.45) is 0 Å². The highest BCUT2D eigenvalue weighted by Crippen LogP contribution is 2.28. The standard InChI is InChI=1S/C23H22FN3O3S/c1-14-4-9-19(20(10-14)29-3)30-13-22(28)25-11-21-15(2)27-12-18(26-23(27)31-21)16-5-7-17(24)8-6-16/h4-10,12H,11,13H2,1-3H3,(H,25,28). The van der Waals surface area contributed by atoms with Crippen molar-refractivity contribution in [3.8, 4) is 22.8 Å². The number of amides is 1. The van der Waals surface area contributed by atoms with Crippen molar-refractivity contribution < 1.29 is 18.7 Å². The number of aromatic nitrogens is 2. The molecule has 4 rings (SSSR count). The second-order valence-electron chi connectivity index (χ2n) is 7.12. The summed E-state index contributed by atoms with van der Waals surface area (Å²) in [6, 6.07) is 11.8. The molecule has 0 aliphatic heterocycles. The Labute approximate surface area is 183 Å². The van der Waals surface area contributed by atoms with Gasteiger partial charge < -0.3 is 14.8 Å². The van der Waals surface area contributed by atoms with Crippen LogP contribution in [0, 0.1) is 19.7 Å². The smallest absolute Gasteiger partial charge is 0.258 e. The van der Waals surface area contributed by atoms with E-state index in [-0.39, 0.29) is 18.3 Å². The third-order valence-electron chi connectivity index (χ3n) is 4.92. The van der Waals surface area contributed by atoms with E-state index in [4.69, 9.17) is 9.47 Å². The molecule has 0 aliphatic rings. The van der Waals surface area contributed by atoms with Gasteiger partial charge in [-0.25, -0.2) is 9.37 Å². The maximum Gasteiger partial charge on any atom is 0.258 e. The molecule has 1 N–H and O–H groups in total. The van der Waals surface area contributed by atoms with Crippen LogP contribution in [0.4, 0.5) is 4.39 Å². The van der Waals surface area contributed by atoms with Gasteiger partial charge in [0.1, 0.15) is 5.82 Å². The highest BCUT2D eigenvalue weighted by molar-refractivity contribution is 7.17. The first kappa shape index (κ1) is 20.9. The van der Waals surface area contributed by atoms with Crippen LogP contribution in [0.5, 0.6) is 11.5 Å². The van der Waals surface area contributed by atoms with Gasteiger partial charge in [0, 0.05) is 22.3 Å². The SMILES string of the molecule is COc1cc(C)ccc1OCC(=O)NCc1sc2nc(-c3ccc(F)cc3)cn2c1C. The van der Waals surface area contributed by atoms with Gasteiger partial charge in [-0.2, -0.15) is 0 Å². The molecule has 2 aromatic carbocycles. The number of carbonyl (C=O) groups excluding carboxylic acids is 1. The summed E-state index contributed by atoms with van der Waals surface area (Å²) in [6.45, 7) is 4.23. The summed E-state index contributed by atoms with van der Waals surface area (Å²) in [4.78, 5) is 18.7. The first-order valence-electron chi connectivity index (χ1n) is 9.72. The summed E-state index contributed by atoms with van der Waals surface area (Å²) in [5.41, 5.74) is 3.69. The van der Waals surface area contributed by atoms with E-state index < -0.39 is 0 Å². The van der Waals surface area contributed by atoms with Crippen molar-refractivity contribution >= 4 is 22.2 Å². The van der Waals surface area contributed by atoms with Gasteiger partial charge >= 0.3 is 0 Å². The number of nitrogens with zero attached hydrogens (tertiary/aromatic N) is 2. The molecule has 31 heavy (non-hydrogen) atoms. The Morgan fingerprint density at radius 2 is 1.94 bits per heavy atom. The molecule has 0 atom stereocenters. The van der Waals surface area contributed by atoms with Crippen molar-refractivity contribution in [1.82, 2.24) is 14.7 Å². The minimum atomic E-state index is -0.274. The zero-order valence-corrected chi connectivity index (χ0v) is 18.3. The van der Waals surface area contributed by atoms with Crippen molar-refractivity contribution in [3.05, 3.63) is 70.6 Å². The Morgan fingerprint density at radius 3 is 2.65 bits per heavy atom. The van der Waals surface area contributed by atoms with E-state index in [2.05, 4.69) is 10.3 Å². The van der Waals surface area contributed by atoms with Crippen LogP contribution in [0.2, 0.25) is 0 Å². The Kier molecular flexibility index (Phi) is 5.90. The first-order chi connectivity index (χ1) is 14.9. The molecule has 0 bridgehead atoms. The van der Waals surface area contributed by atoms with Gasteiger partial charge in [0.05, 0.1) is 19.3 Å². The number of aryl methyl sites for hydroxylation is 2. The Morgan fingerprint density at radius 1 is 1.16 bits per heavy atom. The van der Waals surface area contributed by atoms with Crippen molar-refractivity contribution in [1.29, 1.82) is 0 Å². The predicted octanol–water partition coefficient (Wildman–Crippen LogP) is 4.52. The number of rotatable bonds is 7. The molecule has 0 saturated carbocycles. The largest absolute Gasteiger partial charge is 0.493 e. The minimum absolute atomic E-state index is 0.101. The van der Waals surface area contributed by atoms with Crippen LogP contribution in [-0.2, 0) is 11.3 Å². The number of hydrogen-bond acceptors (Lipinski definition) is 5. The number of imidazole rings is 1. The number of halogens is 1. The summed E-state index contributed by atoms with van der Waals surface area (Å²) >= 11 is 1.51. The second kappa shape index (κ2) is 8.77. The topological polar surface area (TPSA) is 64.9 Å². The molecular formula is C23H22FN3O3S. The van der Waals surface area contributed by atoms with Gasteiger partial charge in [0.15, 0.2) is 23.1 Å². The van der Waals surface area contributed by atoms with Crippen LogP contribution in [0.3, 0.4) is 0 Å². The molecule has 0 saturated heterocycles. The summed E-state index contributed by atoms with van der Waals surface area (Å²) in [5, 5.41) is 2.89. The normalized spacial score (nSPS) is 11.0. The van der Waals surface area contributed by atoms with Crippen LogP contribution in [0.15, 0.2) is 48.7 Å². The fourth-order valence-corrected chi connectivity index (χ4v) is 4.23. The molecule has 0 aliphatic carbocycles. The molecule has 160 valence electrons. The fraction of sp³-hybridized carbons (Fsp3) is 0.217. The average Bonchev–Trinajstić information content (AvgIpc) is 3.31. The number of ether oxygens (including phenoxy) is 2. The number of fused-ring (bicyclic) bond motifs is 1. The molecule has 1 amide bonds. The van der Waals surface area contributed by atoms with Crippen LogP contribution < -0.4 is 14.8 Å². The minimum Gasteiger partial charge on any atom is -0.493 e. The summed E-state index contributed by atoms with van der Waals surface area (Å²) in [5.74, 6) is 0.631. The summed E-state index contributed by atoms with van der Waals surface area (Å²) in [7, 11) is 1.57. The van der Waals surface area contributed by atoms with E-state index >= 15 is 0 Å². The van der Waals surface area contributed by atoms with Crippen LogP contribution in [0.1, 0.15) is 16.1 Å². The molecule has 0 spiro atoms. The lowest BCUT2D eigenvalue weighted by molar-refractivity contribution is -0.123. The van der Waals surface area contributed by atoms with Crippen LogP contribution in [0.25, 0.3) is 16.2 Å². The van der Waals surface area contributed by atoms with Gasteiger partial charge in [-0.1, -0.05) is 17.4 Å². The summed E-state index contributed by atoms with van der Waals surface area (Å²) in [6.07, 6.45) is 1.92. The molecule has 2 heterocycles. The lowest BCUT2D eigenvalue weighted by Gasteiger charge is -2.11. The fourth-order valence-electron chi connectivity index (χ4n) is 3.18. The Bertz CT molecular complexity index is 1230. The number of hydrogen-bond donors (Lipinski definition) is 1. The number of thiazole rings is 1. The lowest BCUT2D eigenvalue weighted by atomic mass is 10.2. The molecule has 2 aromatic heterocycles. The average molecular weight is 440 g/mol. The highest BCUT2D eigenvalue weighted by atomic mass is 32.1. The summed E-state index contributed by atoms with van der Waals surface area (Å²) < 4.78 is 26.0. The van der Waals surface area contributed by atoms with Gasteiger partial charge in [0.25, 0.3) is 5.91 Å². The van der Waals surface area contributed by atoms with Gasteiger partial charge in [-0.05, 0) is 55.8 Å². The van der Waals surface area contributed by atoms with Crippen molar-refractivity contribution in [2.75, 3.05) is 13.7 Å². The molecule has 6 nitrogen and oxygen atoms in total. The van der Waals surface area contributed by atoms with Crippen LogP contribution in [-0.4, -0.2) is 29.0 Å². The number of methoxy groups -OCH3 is 1. The van der Waals surface area contributed by atoms with Gasteiger partial charge in [-0.3, -0.25) is 9.20 Å². The zero-order valence-electron chi connectivity index (χ0n) is 17.4. The highest BCUT2D eigenvalue weighted by Gasteiger charge is 2.14. The van der Waals surface area contributed by atoms with Crippen LogP contribution >= 0.6 is 11.3 Å². The monoisotopic (exact) mass is 439 g/mol. The maximum atomic E-state index is 13.1. The van der Waals surface area contributed by atoms with E-state index in [1.807, 2.05) is 36.6 Å². The Balaban J connectivity index is 1.38. The molecule has 4 aromatic rings. The second-order valence-corrected chi connectivity index (χ2v) is 8.18. The zero-order chi connectivity index (χ0) is 22.0. The lowest BCUT2D eigenvalue weighted by Crippen LogP contribution is -2.28. The van der Waals surface area contributed by atoms with Gasteiger partial charge in [-0.15, -0.1) is 0 Å². The maximum absolute atomic E-state index is 13.1. The number of benzene rings is 2. The molecular weight excluding hydrogens is 417 g/mol. The third-order valence-corrected chi connectivity index (χ3v) is 6.07. The number of carbonyl (C=O) groups is 1. The quantitative estimate of drug-likeness (QED) is 0.460. The molecule has 0 fully saturated rings. The van der Waals surface area contributed by atoms with E-state index in [1.165, 1.54) is 23.5 Å². The van der Waals surface area contributed by atoms with Gasteiger partial charge in [0.2, 0.25) is 0 Å². The van der Waals surface area contributed by atoms with Crippen molar-refractivity contribution in [3.63, 3.8) is 0 Å². The molecule has 0 unspecified atom stereocenters. The third kappa shape index (κ3) is 4.54. The van der Waals surface area contributed by atoms with E-state index in [0.717, 1.165) is 32.4 Å². The van der Waals surface area contributed by atoms with E-state index in [1.54, 1.807) is 25.3 Å². The van der Waals surface area contributed by atoms with Crippen molar-refractivity contribution in [2.45, 2.75) is 20.4 Å².